The Morgan fingerprint density at radius 3 is 2.29 bits per heavy atom. The number of nitrogens with zero attached hydrogens (tertiary/aromatic N) is 1. The molecule has 0 spiro atoms. The van der Waals surface area contributed by atoms with Crippen LogP contribution in [0.5, 0.6) is 0 Å². The monoisotopic (exact) mass is 303 g/mol. The lowest BCUT2D eigenvalue weighted by Crippen LogP contribution is -2.25. The molecule has 21 heavy (non-hydrogen) atoms. The van der Waals surface area contributed by atoms with Gasteiger partial charge in [-0.25, -0.2) is 8.42 Å². The number of aliphatic hydroxyl groups is 1. The number of aliphatic hydroxyl groups excluding tert-OH is 1. The zero-order valence-corrected chi connectivity index (χ0v) is 12.5. The Hall–Kier alpha value is -1.69. The quantitative estimate of drug-likeness (QED) is 0.878. The Bertz CT molecular complexity index is 741. The number of benzene rings is 2. The van der Waals surface area contributed by atoms with Crippen molar-refractivity contribution in [1.82, 2.24) is 4.31 Å². The van der Waals surface area contributed by atoms with Gasteiger partial charge in [-0.15, -0.1) is 0 Å². The SMILES string of the molecule is Cc1ccc(S(=O)(=O)N2CC2(CO)c2ccccc2)cc1. The van der Waals surface area contributed by atoms with Crippen molar-refractivity contribution in [2.45, 2.75) is 17.4 Å². The van der Waals surface area contributed by atoms with Crippen LogP contribution in [0, 0.1) is 6.92 Å². The third-order valence-electron chi connectivity index (χ3n) is 3.96. The zero-order chi connectivity index (χ0) is 15.1. The summed E-state index contributed by atoms with van der Waals surface area (Å²) in [6, 6.07) is 16.0. The maximum Gasteiger partial charge on any atom is 0.244 e. The summed E-state index contributed by atoms with van der Waals surface area (Å²) in [5, 5.41) is 9.73. The highest BCUT2D eigenvalue weighted by Crippen LogP contribution is 2.46. The van der Waals surface area contributed by atoms with E-state index in [1.807, 2.05) is 37.3 Å². The van der Waals surface area contributed by atoms with Crippen LogP contribution in [0.2, 0.25) is 0 Å². The summed E-state index contributed by atoms with van der Waals surface area (Å²) in [4.78, 5) is 0.263. The van der Waals surface area contributed by atoms with Gasteiger partial charge in [0.15, 0.2) is 0 Å². The predicted molar refractivity (Wildman–Crippen MR) is 80.3 cm³/mol. The minimum atomic E-state index is -3.58. The Labute approximate surface area is 124 Å². The van der Waals surface area contributed by atoms with Crippen molar-refractivity contribution in [3.63, 3.8) is 0 Å². The van der Waals surface area contributed by atoms with E-state index in [0.29, 0.717) is 6.54 Å². The molecule has 2 aromatic carbocycles. The average molecular weight is 303 g/mol. The first kappa shape index (κ1) is 14.3. The summed E-state index contributed by atoms with van der Waals surface area (Å²) >= 11 is 0. The summed E-state index contributed by atoms with van der Waals surface area (Å²) < 4.78 is 26.7. The van der Waals surface area contributed by atoms with E-state index in [9.17, 15) is 13.5 Å². The van der Waals surface area contributed by atoms with Gasteiger partial charge in [0.25, 0.3) is 0 Å². The summed E-state index contributed by atoms with van der Waals surface area (Å²) in [5.41, 5.74) is 1.02. The lowest BCUT2D eigenvalue weighted by Gasteiger charge is -2.16. The van der Waals surface area contributed by atoms with Gasteiger partial charge in [-0.05, 0) is 24.6 Å². The summed E-state index contributed by atoms with van der Waals surface area (Å²) in [6.07, 6.45) is 0. The van der Waals surface area contributed by atoms with Crippen molar-refractivity contribution in [3.8, 4) is 0 Å². The van der Waals surface area contributed by atoms with Crippen molar-refractivity contribution in [2.75, 3.05) is 13.2 Å². The van der Waals surface area contributed by atoms with Gasteiger partial charge in [-0.2, -0.15) is 4.31 Å². The van der Waals surface area contributed by atoms with Gasteiger partial charge in [0.05, 0.1) is 17.0 Å². The van der Waals surface area contributed by atoms with E-state index in [0.717, 1.165) is 11.1 Å². The highest BCUT2D eigenvalue weighted by molar-refractivity contribution is 7.89. The van der Waals surface area contributed by atoms with Crippen LogP contribution in [0.3, 0.4) is 0 Å². The molecule has 5 heteroatoms. The van der Waals surface area contributed by atoms with Crippen LogP contribution >= 0.6 is 0 Å². The van der Waals surface area contributed by atoms with Crippen molar-refractivity contribution < 1.29 is 13.5 Å². The van der Waals surface area contributed by atoms with Crippen LogP contribution in [-0.4, -0.2) is 31.0 Å². The van der Waals surface area contributed by atoms with Gasteiger partial charge in [0.1, 0.15) is 0 Å². The largest absolute Gasteiger partial charge is 0.394 e. The van der Waals surface area contributed by atoms with E-state index in [4.69, 9.17) is 0 Å². The smallest absolute Gasteiger partial charge is 0.244 e. The molecule has 3 rings (SSSR count). The summed E-state index contributed by atoms with van der Waals surface area (Å²) in [6.45, 7) is 2.00. The first-order chi connectivity index (χ1) is 10.0. The van der Waals surface area contributed by atoms with E-state index in [-0.39, 0.29) is 11.5 Å². The van der Waals surface area contributed by atoms with Gasteiger partial charge in [0.2, 0.25) is 10.0 Å². The van der Waals surface area contributed by atoms with Crippen LogP contribution in [0.15, 0.2) is 59.5 Å². The minimum absolute atomic E-state index is 0.220. The Balaban J connectivity index is 1.97. The molecule has 0 amide bonds. The molecule has 2 aromatic rings. The third-order valence-corrected chi connectivity index (χ3v) is 5.89. The number of hydrogen-bond acceptors (Lipinski definition) is 3. The molecular formula is C16H17NO3S. The lowest BCUT2D eigenvalue weighted by atomic mass is 10.0. The van der Waals surface area contributed by atoms with Gasteiger partial charge in [-0.3, -0.25) is 0 Å². The highest BCUT2D eigenvalue weighted by Gasteiger charge is 2.59. The molecular weight excluding hydrogens is 286 g/mol. The molecule has 1 N–H and O–H groups in total. The van der Waals surface area contributed by atoms with Gasteiger partial charge in [0, 0.05) is 6.54 Å². The Morgan fingerprint density at radius 1 is 1.10 bits per heavy atom. The molecule has 2 unspecified atom stereocenters. The first-order valence-electron chi connectivity index (χ1n) is 6.77. The molecule has 0 aliphatic carbocycles. The van der Waals surface area contributed by atoms with E-state index in [1.165, 1.54) is 4.31 Å². The second-order valence-electron chi connectivity index (χ2n) is 5.38. The van der Waals surface area contributed by atoms with Crippen LogP contribution in [0.4, 0.5) is 0 Å². The maximum absolute atomic E-state index is 12.7. The van der Waals surface area contributed by atoms with Gasteiger partial charge in [-0.1, -0.05) is 48.0 Å². The molecule has 1 aliphatic heterocycles. The van der Waals surface area contributed by atoms with Crippen LogP contribution < -0.4 is 0 Å². The molecule has 0 radical (unpaired) electrons. The van der Waals surface area contributed by atoms with Crippen molar-refractivity contribution >= 4 is 10.0 Å². The van der Waals surface area contributed by atoms with Crippen LogP contribution in [0.25, 0.3) is 0 Å². The molecule has 1 fully saturated rings. The summed E-state index contributed by atoms with van der Waals surface area (Å²) in [5.74, 6) is 0. The highest BCUT2D eigenvalue weighted by atomic mass is 32.2. The van der Waals surface area contributed by atoms with Crippen molar-refractivity contribution in [2.24, 2.45) is 0 Å². The molecule has 1 saturated heterocycles. The Morgan fingerprint density at radius 2 is 1.71 bits per heavy atom. The van der Waals surface area contributed by atoms with Gasteiger partial charge >= 0.3 is 0 Å². The molecule has 4 nitrogen and oxygen atoms in total. The van der Waals surface area contributed by atoms with E-state index in [1.54, 1.807) is 24.3 Å². The fraction of sp³-hybridized carbons (Fsp3) is 0.250. The topological polar surface area (TPSA) is 57.4 Å². The normalized spacial score (nSPS) is 24.8. The van der Waals surface area contributed by atoms with Crippen molar-refractivity contribution in [1.29, 1.82) is 0 Å². The van der Waals surface area contributed by atoms with E-state index >= 15 is 0 Å². The lowest BCUT2D eigenvalue weighted by molar-refractivity contribution is 0.236. The third kappa shape index (κ3) is 2.27. The standard InChI is InChI=1S/C16H17NO3S/c1-13-7-9-15(10-8-13)21(19,20)17-11-16(17,12-18)14-5-3-2-4-6-14/h2-10,18H,11-12H2,1H3. The second-order valence-corrected chi connectivity index (χ2v) is 7.24. The zero-order valence-electron chi connectivity index (χ0n) is 11.7. The van der Waals surface area contributed by atoms with E-state index in [2.05, 4.69) is 0 Å². The molecule has 0 aromatic heterocycles. The predicted octanol–water partition coefficient (Wildman–Crippen LogP) is 1.89. The van der Waals surface area contributed by atoms with E-state index < -0.39 is 15.6 Å². The fourth-order valence-electron chi connectivity index (χ4n) is 2.56. The molecule has 1 aliphatic rings. The van der Waals surface area contributed by atoms with Gasteiger partial charge < -0.3 is 5.11 Å². The Kier molecular flexibility index (Phi) is 3.36. The minimum Gasteiger partial charge on any atom is -0.394 e. The molecule has 1 heterocycles. The second kappa shape index (κ2) is 4.94. The van der Waals surface area contributed by atoms with Crippen molar-refractivity contribution in [3.05, 3.63) is 65.7 Å². The first-order valence-corrected chi connectivity index (χ1v) is 8.21. The average Bonchev–Trinajstić information content (AvgIpc) is 3.26. The summed E-state index contributed by atoms with van der Waals surface area (Å²) in [7, 11) is -3.58. The fourth-order valence-corrected chi connectivity index (χ4v) is 4.30. The van der Waals surface area contributed by atoms with Crippen LogP contribution in [-0.2, 0) is 15.6 Å². The number of rotatable bonds is 4. The molecule has 2 atom stereocenters. The molecule has 0 bridgehead atoms. The van der Waals surface area contributed by atoms with Crippen LogP contribution in [0.1, 0.15) is 11.1 Å². The molecule has 0 saturated carbocycles. The number of sulfonamides is 1. The number of aryl methyl sites for hydroxylation is 1. The number of hydrogen-bond donors (Lipinski definition) is 1. The maximum atomic E-state index is 12.7. The molecule has 110 valence electrons.